The Morgan fingerprint density at radius 1 is 0.639 bits per heavy atom. The van der Waals surface area contributed by atoms with Crippen LogP contribution in [0.25, 0.3) is 11.1 Å². The average molecular weight is 826 g/mol. The summed E-state index contributed by atoms with van der Waals surface area (Å²) in [5.41, 5.74) is 6.45. The smallest absolute Gasteiger partial charge is 0.326 e. The lowest BCUT2D eigenvalue weighted by atomic mass is 10.0. The SMILES string of the molecule is COc1ccc(-c2ccc(C)cc2)cc1.O=C1CCC(=O)N[C@H](CCc2ccccc2)C(=O)NCC(=O)N[C@H](Cc2ccccc2)C(=O)N[C@H](C(=O)O)Cc2ccc(cc2)N1. The van der Waals surface area contributed by atoms with E-state index in [1.54, 1.807) is 61.7 Å². The van der Waals surface area contributed by atoms with E-state index < -0.39 is 60.2 Å². The van der Waals surface area contributed by atoms with Crippen molar-refractivity contribution in [1.82, 2.24) is 21.3 Å². The van der Waals surface area contributed by atoms with E-state index in [0.717, 1.165) is 16.9 Å². The third kappa shape index (κ3) is 14.8. The predicted octanol–water partition coefficient (Wildman–Crippen LogP) is 5.16. The predicted molar refractivity (Wildman–Crippen MR) is 233 cm³/mol. The van der Waals surface area contributed by atoms with Crippen LogP contribution in [0.2, 0.25) is 0 Å². The van der Waals surface area contributed by atoms with E-state index in [1.165, 1.54) is 16.7 Å². The van der Waals surface area contributed by atoms with Gasteiger partial charge < -0.3 is 36.4 Å². The highest BCUT2D eigenvalue weighted by atomic mass is 16.5. The minimum Gasteiger partial charge on any atom is -0.497 e. The van der Waals surface area contributed by atoms with Gasteiger partial charge in [-0.15, -0.1) is 0 Å². The average Bonchev–Trinajstić information content (AvgIpc) is 3.27. The van der Waals surface area contributed by atoms with Crippen molar-refractivity contribution in [2.75, 3.05) is 19.0 Å². The monoisotopic (exact) mass is 825 g/mol. The number of methoxy groups -OCH3 is 1. The molecular formula is C48H51N5O8. The first-order valence-electron chi connectivity index (χ1n) is 20.0. The molecule has 0 aromatic heterocycles. The first kappa shape index (κ1) is 44.8. The highest BCUT2D eigenvalue weighted by Gasteiger charge is 2.28. The highest BCUT2D eigenvalue weighted by molar-refractivity contribution is 5.95. The number of anilines is 1. The zero-order valence-electron chi connectivity index (χ0n) is 34.2. The fraction of sp³-hybridized carbons (Fsp3) is 0.250. The molecule has 13 heteroatoms. The fourth-order valence-corrected chi connectivity index (χ4v) is 6.50. The molecule has 5 aromatic carbocycles. The maximum atomic E-state index is 13.4. The van der Waals surface area contributed by atoms with Crippen molar-refractivity contribution in [2.45, 2.75) is 63.6 Å². The molecule has 316 valence electrons. The van der Waals surface area contributed by atoms with Crippen LogP contribution in [0.5, 0.6) is 5.75 Å². The van der Waals surface area contributed by atoms with Crippen molar-refractivity contribution in [3.8, 4) is 16.9 Å². The maximum absolute atomic E-state index is 13.4. The Labute approximate surface area is 355 Å². The van der Waals surface area contributed by atoms with E-state index in [4.69, 9.17) is 4.74 Å². The molecule has 2 heterocycles. The summed E-state index contributed by atoms with van der Waals surface area (Å²) in [7, 11) is 1.68. The number of carbonyl (C=O) groups is 6. The summed E-state index contributed by atoms with van der Waals surface area (Å²) in [6, 6.07) is 37.9. The zero-order chi connectivity index (χ0) is 43.6. The number of carboxylic acid groups (broad SMARTS) is 1. The van der Waals surface area contributed by atoms with Gasteiger partial charge in [0, 0.05) is 31.4 Å². The molecule has 0 saturated heterocycles. The Balaban J connectivity index is 0.000000392. The largest absolute Gasteiger partial charge is 0.497 e. The van der Waals surface area contributed by atoms with Gasteiger partial charge in [-0.3, -0.25) is 24.0 Å². The third-order valence-corrected chi connectivity index (χ3v) is 9.92. The highest BCUT2D eigenvalue weighted by Crippen LogP contribution is 2.22. The Kier molecular flexibility index (Phi) is 16.7. The van der Waals surface area contributed by atoms with Crippen LogP contribution < -0.4 is 31.3 Å². The summed E-state index contributed by atoms with van der Waals surface area (Å²) >= 11 is 0. The summed E-state index contributed by atoms with van der Waals surface area (Å²) in [6.07, 6.45) is 0.405. The number of nitrogens with one attached hydrogen (secondary N) is 5. The second-order valence-electron chi connectivity index (χ2n) is 14.6. The van der Waals surface area contributed by atoms with Crippen molar-refractivity contribution in [3.63, 3.8) is 0 Å². The number of carbonyl (C=O) groups excluding carboxylic acids is 5. The molecule has 0 fully saturated rings. The molecule has 5 aromatic rings. The molecule has 0 radical (unpaired) electrons. The first-order valence-corrected chi connectivity index (χ1v) is 20.0. The number of amides is 5. The maximum Gasteiger partial charge on any atom is 0.326 e. The van der Waals surface area contributed by atoms with Crippen molar-refractivity contribution in [1.29, 1.82) is 0 Å². The third-order valence-electron chi connectivity index (χ3n) is 9.92. The Morgan fingerprint density at radius 2 is 1.21 bits per heavy atom. The summed E-state index contributed by atoms with van der Waals surface area (Å²) in [6.45, 7) is 1.60. The standard InChI is InChI=1S/C34H37N5O7.C14H14O/c40-29-17-18-30(41)37-26(16-13-22-7-3-1-4-8-22)32(43)35-21-31(42)38-27(19-23-9-5-2-6-10-23)33(44)39-28(34(45)46)20-24-11-14-25(36-29)15-12-24;1-11-3-5-12(6-4-11)13-7-9-14(15-2)10-8-13/h1-12,14-15,26-28H,13,16-21H2,(H,35,43)(H,36,40)(H,37,41)(H,38,42)(H,39,44)(H,45,46);3-10H,1-2H3/t26-,27-,28+;/m1./s1. The van der Waals surface area contributed by atoms with Crippen molar-refractivity contribution < 1.29 is 38.6 Å². The first-order chi connectivity index (χ1) is 29.4. The molecular weight excluding hydrogens is 775 g/mol. The minimum absolute atomic E-state index is 0.0537. The molecule has 61 heavy (non-hydrogen) atoms. The Bertz CT molecular complexity index is 2230. The van der Waals surface area contributed by atoms with Gasteiger partial charge in [-0.05, 0) is 71.8 Å². The summed E-state index contributed by atoms with van der Waals surface area (Å²) in [5.74, 6) is -3.29. The lowest BCUT2D eigenvalue weighted by molar-refractivity contribution is -0.142. The van der Waals surface area contributed by atoms with E-state index in [1.807, 2.05) is 42.5 Å². The van der Waals surface area contributed by atoms with Gasteiger partial charge in [0.25, 0.3) is 0 Å². The molecule has 6 N–H and O–H groups in total. The molecule has 2 aliphatic heterocycles. The molecule has 13 nitrogen and oxygen atoms in total. The number of hydrogen-bond acceptors (Lipinski definition) is 7. The normalized spacial score (nSPS) is 17.7. The quantitative estimate of drug-likeness (QED) is 0.116. The molecule has 0 saturated carbocycles. The van der Waals surface area contributed by atoms with Crippen LogP contribution in [0, 0.1) is 6.92 Å². The second-order valence-corrected chi connectivity index (χ2v) is 14.6. The molecule has 2 aliphatic rings. The number of ether oxygens (including phenoxy) is 1. The van der Waals surface area contributed by atoms with E-state index in [2.05, 4.69) is 69.9 Å². The van der Waals surface area contributed by atoms with Crippen LogP contribution in [0.3, 0.4) is 0 Å². The second kappa shape index (κ2) is 22.8. The Hall–Kier alpha value is -7.28. The van der Waals surface area contributed by atoms with Crippen molar-refractivity contribution >= 4 is 41.2 Å². The number of rotatable bonds is 8. The van der Waals surface area contributed by atoms with Crippen molar-refractivity contribution in [2.24, 2.45) is 0 Å². The summed E-state index contributed by atoms with van der Waals surface area (Å²) in [4.78, 5) is 77.0. The van der Waals surface area contributed by atoms with E-state index in [0.29, 0.717) is 17.7 Å². The molecule has 7 rings (SSSR count). The van der Waals surface area contributed by atoms with Crippen LogP contribution in [0.1, 0.15) is 41.5 Å². The van der Waals surface area contributed by atoms with Gasteiger partial charge in [-0.1, -0.05) is 115 Å². The molecule has 0 unspecified atom stereocenters. The van der Waals surface area contributed by atoms with Gasteiger partial charge in [0.2, 0.25) is 29.5 Å². The molecule has 2 bridgehead atoms. The van der Waals surface area contributed by atoms with Gasteiger partial charge >= 0.3 is 5.97 Å². The molecule has 0 aliphatic carbocycles. The van der Waals surface area contributed by atoms with E-state index in [9.17, 15) is 33.9 Å². The topological polar surface area (TPSA) is 192 Å². The van der Waals surface area contributed by atoms with Gasteiger partial charge in [0.1, 0.15) is 23.9 Å². The fourth-order valence-electron chi connectivity index (χ4n) is 6.50. The number of fused-ring (bicyclic) bond motifs is 18. The van der Waals surface area contributed by atoms with Gasteiger partial charge in [-0.2, -0.15) is 0 Å². The van der Waals surface area contributed by atoms with Gasteiger partial charge in [0.05, 0.1) is 13.7 Å². The van der Waals surface area contributed by atoms with E-state index in [-0.39, 0.29) is 32.1 Å². The van der Waals surface area contributed by atoms with Gasteiger partial charge in [-0.25, -0.2) is 4.79 Å². The Morgan fingerprint density at radius 3 is 1.82 bits per heavy atom. The number of carboxylic acids is 1. The minimum atomic E-state index is -1.31. The summed E-state index contributed by atoms with van der Waals surface area (Å²) < 4.78 is 5.12. The lowest BCUT2D eigenvalue weighted by Gasteiger charge is -2.22. The lowest BCUT2D eigenvalue weighted by Crippen LogP contribution is -2.55. The van der Waals surface area contributed by atoms with E-state index >= 15 is 0 Å². The number of hydrogen-bond donors (Lipinski definition) is 6. The molecule has 0 spiro atoms. The van der Waals surface area contributed by atoms with Crippen LogP contribution in [0.15, 0.2) is 133 Å². The van der Waals surface area contributed by atoms with Crippen molar-refractivity contribution in [3.05, 3.63) is 156 Å². The van der Waals surface area contributed by atoms with Crippen LogP contribution in [0.4, 0.5) is 5.69 Å². The van der Waals surface area contributed by atoms with Gasteiger partial charge in [0.15, 0.2) is 0 Å². The van der Waals surface area contributed by atoms with Crippen LogP contribution in [-0.2, 0) is 48.0 Å². The van der Waals surface area contributed by atoms with Crippen LogP contribution >= 0.6 is 0 Å². The number of aryl methyl sites for hydroxylation is 2. The molecule has 3 atom stereocenters. The number of aliphatic carboxylic acids is 1. The number of benzene rings is 5. The summed E-state index contributed by atoms with van der Waals surface area (Å²) in [5, 5.41) is 22.9. The van der Waals surface area contributed by atoms with Crippen LogP contribution in [-0.4, -0.2) is 72.4 Å². The molecule has 5 amide bonds. The zero-order valence-corrected chi connectivity index (χ0v) is 34.2.